The molecule has 3 rings (SSSR count). The Labute approximate surface area is 171 Å². The largest absolute Gasteiger partial charge is 0.550 e. The Balaban J connectivity index is 1.78. The second kappa shape index (κ2) is 8.87. The normalized spacial score (nSPS) is 18.1. The van der Waals surface area contributed by atoms with Crippen molar-refractivity contribution in [2.45, 2.75) is 12.8 Å². The number of carbonyl (C=O) groups is 3. The molecule has 0 aliphatic heterocycles. The monoisotopic (exact) mass is 415 g/mol. The second-order valence-electron chi connectivity index (χ2n) is 6.59. The van der Waals surface area contributed by atoms with Crippen molar-refractivity contribution in [2.24, 2.45) is 11.8 Å². The van der Waals surface area contributed by atoms with Gasteiger partial charge in [-0.15, -0.1) is 0 Å². The van der Waals surface area contributed by atoms with Crippen LogP contribution in [0.5, 0.6) is 0 Å². The number of aliphatic carboxylic acids is 1. The fourth-order valence-electron chi connectivity index (χ4n) is 3.15. The van der Waals surface area contributed by atoms with E-state index in [-0.39, 0.29) is 34.8 Å². The number of carboxylic acid groups (broad SMARTS) is 1. The predicted octanol–water partition coefficient (Wildman–Crippen LogP) is 3.00. The lowest BCUT2D eigenvalue weighted by molar-refractivity contribution is -0.313. The van der Waals surface area contributed by atoms with Crippen LogP contribution in [0.15, 0.2) is 54.6 Å². The summed E-state index contributed by atoms with van der Waals surface area (Å²) in [4.78, 5) is 36.6. The maximum absolute atomic E-state index is 13.3. The molecule has 2 aromatic rings. The van der Waals surface area contributed by atoms with E-state index in [0.29, 0.717) is 0 Å². The van der Waals surface area contributed by atoms with Gasteiger partial charge in [0.15, 0.2) is 0 Å². The number of rotatable bonds is 5. The van der Waals surface area contributed by atoms with E-state index in [1.165, 1.54) is 24.3 Å². The molecule has 2 N–H and O–H groups in total. The van der Waals surface area contributed by atoms with Crippen molar-refractivity contribution >= 4 is 40.8 Å². The number of amides is 2. The molecule has 0 saturated carbocycles. The number of anilines is 2. The fraction of sp³-hybridized carbons (Fsp3) is 0.190. The minimum atomic E-state index is -1.28. The van der Waals surface area contributed by atoms with Gasteiger partial charge in [0.25, 0.3) is 5.91 Å². The van der Waals surface area contributed by atoms with Gasteiger partial charge in [-0.3, -0.25) is 9.59 Å². The van der Waals surface area contributed by atoms with Crippen molar-refractivity contribution in [1.82, 2.24) is 0 Å². The van der Waals surface area contributed by atoms with E-state index >= 15 is 0 Å². The number of para-hydroxylation sites is 1. The van der Waals surface area contributed by atoms with Gasteiger partial charge in [-0.05, 0) is 43.2 Å². The number of carboxylic acids is 1. The maximum Gasteiger partial charge on any atom is 0.257 e. The first-order valence-corrected chi connectivity index (χ1v) is 9.26. The third-order valence-electron chi connectivity index (χ3n) is 4.68. The van der Waals surface area contributed by atoms with Gasteiger partial charge >= 0.3 is 0 Å². The van der Waals surface area contributed by atoms with Crippen molar-refractivity contribution < 1.29 is 23.9 Å². The fourth-order valence-corrected chi connectivity index (χ4v) is 3.33. The molecule has 1 aliphatic rings. The number of hydrogen-bond acceptors (Lipinski definition) is 4. The Morgan fingerprint density at radius 1 is 1.00 bits per heavy atom. The van der Waals surface area contributed by atoms with E-state index in [4.69, 9.17) is 11.6 Å². The summed E-state index contributed by atoms with van der Waals surface area (Å²) >= 11 is 5.73. The molecule has 0 unspecified atom stereocenters. The van der Waals surface area contributed by atoms with E-state index in [9.17, 15) is 23.9 Å². The van der Waals surface area contributed by atoms with Gasteiger partial charge in [0.1, 0.15) is 5.82 Å². The lowest BCUT2D eigenvalue weighted by Gasteiger charge is -2.28. The zero-order chi connectivity index (χ0) is 21.0. The molecule has 0 saturated heterocycles. The summed E-state index contributed by atoms with van der Waals surface area (Å²) in [5.41, 5.74) is 0.685. The average molecular weight is 416 g/mol. The lowest BCUT2D eigenvalue weighted by atomic mass is 9.82. The molecule has 2 atom stereocenters. The molecule has 0 spiro atoms. The van der Waals surface area contributed by atoms with Crippen LogP contribution in [0.2, 0.25) is 5.02 Å². The van der Waals surface area contributed by atoms with Crippen LogP contribution in [-0.4, -0.2) is 17.8 Å². The summed E-state index contributed by atoms with van der Waals surface area (Å²) in [5.74, 6) is -4.66. The van der Waals surface area contributed by atoms with Crippen molar-refractivity contribution in [3.63, 3.8) is 0 Å². The molecule has 0 heterocycles. The lowest BCUT2D eigenvalue weighted by Crippen LogP contribution is -2.41. The van der Waals surface area contributed by atoms with Crippen molar-refractivity contribution in [3.05, 3.63) is 71.0 Å². The SMILES string of the molecule is O=C(Nc1ccc(F)c(Cl)c1)c1ccccc1NC(=O)[C@H]1CC=CC[C@H]1C(=O)[O-]. The highest BCUT2D eigenvalue weighted by molar-refractivity contribution is 6.31. The van der Waals surface area contributed by atoms with E-state index in [1.54, 1.807) is 24.3 Å². The van der Waals surface area contributed by atoms with Gasteiger partial charge < -0.3 is 20.5 Å². The topological polar surface area (TPSA) is 98.3 Å². The molecule has 1 aliphatic carbocycles. The smallest absolute Gasteiger partial charge is 0.257 e. The molecule has 0 bridgehead atoms. The molecular weight excluding hydrogens is 399 g/mol. The third kappa shape index (κ3) is 4.81. The van der Waals surface area contributed by atoms with Crippen LogP contribution in [0, 0.1) is 17.7 Å². The minimum absolute atomic E-state index is 0.136. The summed E-state index contributed by atoms with van der Waals surface area (Å²) in [7, 11) is 0. The van der Waals surface area contributed by atoms with Gasteiger partial charge in [-0.1, -0.05) is 35.9 Å². The van der Waals surface area contributed by atoms with Crippen molar-refractivity contribution in [1.29, 1.82) is 0 Å². The molecule has 2 aromatic carbocycles. The van der Waals surface area contributed by atoms with E-state index < -0.39 is 35.4 Å². The quantitative estimate of drug-likeness (QED) is 0.733. The van der Waals surface area contributed by atoms with Crippen LogP contribution in [0.3, 0.4) is 0 Å². The van der Waals surface area contributed by atoms with Gasteiger partial charge in [-0.25, -0.2) is 4.39 Å². The molecule has 6 nitrogen and oxygen atoms in total. The van der Waals surface area contributed by atoms with E-state index in [0.717, 1.165) is 6.07 Å². The maximum atomic E-state index is 13.3. The predicted molar refractivity (Wildman–Crippen MR) is 105 cm³/mol. The average Bonchev–Trinajstić information content (AvgIpc) is 2.71. The van der Waals surface area contributed by atoms with Crippen LogP contribution < -0.4 is 15.7 Å². The van der Waals surface area contributed by atoms with Crippen LogP contribution in [0.25, 0.3) is 0 Å². The number of hydrogen-bond donors (Lipinski definition) is 2. The first kappa shape index (κ1) is 20.5. The standard InChI is InChI=1S/C21H18ClFN2O4/c22-16-11-12(9-10-17(16)23)24-20(27)15-7-3-4-8-18(15)25-19(26)13-5-1-2-6-14(13)21(28)29/h1-4,7-11,13-14H,5-6H2,(H,24,27)(H,25,26)(H,28,29)/p-1/t13-,14+/m0/s1. The molecule has 0 fully saturated rings. The Kier molecular flexibility index (Phi) is 6.29. The van der Waals surface area contributed by atoms with Gasteiger partial charge in [0.05, 0.1) is 22.2 Å². The number of benzene rings is 2. The molecule has 0 radical (unpaired) electrons. The Hall–Kier alpha value is -3.19. The highest BCUT2D eigenvalue weighted by atomic mass is 35.5. The number of carbonyl (C=O) groups excluding carboxylic acids is 3. The van der Waals surface area contributed by atoms with Gasteiger partial charge in [-0.2, -0.15) is 0 Å². The zero-order valence-corrected chi connectivity index (χ0v) is 15.9. The summed E-state index contributed by atoms with van der Waals surface area (Å²) < 4.78 is 13.3. The van der Waals surface area contributed by atoms with Crippen LogP contribution >= 0.6 is 11.6 Å². The first-order chi connectivity index (χ1) is 13.9. The number of allylic oxidation sites excluding steroid dienone is 2. The summed E-state index contributed by atoms with van der Waals surface area (Å²) in [5, 5.41) is 16.4. The highest BCUT2D eigenvalue weighted by Crippen LogP contribution is 2.28. The number of nitrogens with one attached hydrogen (secondary N) is 2. The Bertz CT molecular complexity index is 992. The molecule has 29 heavy (non-hydrogen) atoms. The van der Waals surface area contributed by atoms with Crippen molar-refractivity contribution in [3.8, 4) is 0 Å². The van der Waals surface area contributed by atoms with Gasteiger partial charge in [0.2, 0.25) is 5.91 Å². The van der Waals surface area contributed by atoms with E-state index in [1.807, 2.05) is 0 Å². The Morgan fingerprint density at radius 2 is 1.69 bits per heavy atom. The van der Waals surface area contributed by atoms with Crippen LogP contribution in [0.1, 0.15) is 23.2 Å². The molecular formula is C21H17ClFN2O4-. The van der Waals surface area contributed by atoms with Gasteiger partial charge in [0, 0.05) is 17.6 Å². The van der Waals surface area contributed by atoms with Crippen LogP contribution in [-0.2, 0) is 9.59 Å². The molecule has 8 heteroatoms. The minimum Gasteiger partial charge on any atom is -0.550 e. The Morgan fingerprint density at radius 3 is 2.38 bits per heavy atom. The van der Waals surface area contributed by atoms with Crippen LogP contribution in [0.4, 0.5) is 15.8 Å². The third-order valence-corrected chi connectivity index (χ3v) is 4.97. The number of halogens is 2. The highest BCUT2D eigenvalue weighted by Gasteiger charge is 2.30. The molecule has 0 aromatic heterocycles. The summed E-state index contributed by atoms with van der Waals surface area (Å²) in [6.45, 7) is 0. The van der Waals surface area contributed by atoms with E-state index in [2.05, 4.69) is 10.6 Å². The zero-order valence-electron chi connectivity index (χ0n) is 15.2. The second-order valence-corrected chi connectivity index (χ2v) is 7.00. The molecule has 2 amide bonds. The summed E-state index contributed by atoms with van der Waals surface area (Å²) in [6.07, 6.45) is 3.95. The summed E-state index contributed by atoms with van der Waals surface area (Å²) in [6, 6.07) is 10.1. The first-order valence-electron chi connectivity index (χ1n) is 8.89. The molecule has 150 valence electrons. The van der Waals surface area contributed by atoms with Crippen molar-refractivity contribution in [2.75, 3.05) is 10.6 Å².